The number of aromatic nitrogens is 1. The first-order chi connectivity index (χ1) is 8.63. The number of halogens is 2. The molecule has 2 aromatic rings. The fraction of sp³-hybridized carbons (Fsp3) is 0.0769. The Morgan fingerprint density at radius 2 is 2.06 bits per heavy atom. The summed E-state index contributed by atoms with van der Waals surface area (Å²) in [6.45, 7) is 1.85. The summed E-state index contributed by atoms with van der Waals surface area (Å²) in [4.78, 5) is 4.14. The van der Waals surface area contributed by atoms with Crippen LogP contribution in [0.5, 0.6) is 0 Å². The van der Waals surface area contributed by atoms with Gasteiger partial charge in [-0.25, -0.2) is 4.98 Å². The highest BCUT2D eigenvalue weighted by Crippen LogP contribution is 2.32. The van der Waals surface area contributed by atoms with Gasteiger partial charge in [-0.15, -0.1) is 0 Å². The Kier molecular flexibility index (Phi) is 3.71. The minimum Gasteiger partial charge on any atom is -0.338 e. The molecule has 3 nitrogen and oxygen atoms in total. The largest absolute Gasteiger partial charge is 0.338 e. The lowest BCUT2D eigenvalue weighted by Gasteiger charge is -2.10. The van der Waals surface area contributed by atoms with E-state index in [9.17, 15) is 0 Å². The lowest BCUT2D eigenvalue weighted by Crippen LogP contribution is -1.99. The maximum atomic E-state index is 9.11. The fourth-order valence-corrected chi connectivity index (χ4v) is 1.87. The summed E-state index contributed by atoms with van der Waals surface area (Å²) in [6, 6.07) is 9.15. The molecular formula is C13H9Cl2N3. The molecule has 18 heavy (non-hydrogen) atoms. The van der Waals surface area contributed by atoms with Gasteiger partial charge in [-0.1, -0.05) is 29.3 Å². The van der Waals surface area contributed by atoms with Crippen LogP contribution in [0.2, 0.25) is 10.0 Å². The molecule has 0 aliphatic rings. The normalized spacial score (nSPS) is 9.89. The minimum atomic E-state index is 0.409. The van der Waals surface area contributed by atoms with Gasteiger partial charge >= 0.3 is 0 Å². The van der Waals surface area contributed by atoms with Crippen molar-refractivity contribution in [1.82, 2.24) is 4.98 Å². The topological polar surface area (TPSA) is 48.7 Å². The van der Waals surface area contributed by atoms with E-state index in [0.29, 0.717) is 27.1 Å². The summed E-state index contributed by atoms with van der Waals surface area (Å²) in [7, 11) is 0. The molecule has 2 rings (SSSR count). The van der Waals surface area contributed by atoms with Crippen LogP contribution in [0.15, 0.2) is 30.5 Å². The number of nitrogens with zero attached hydrogens (tertiary/aromatic N) is 2. The van der Waals surface area contributed by atoms with Crippen molar-refractivity contribution in [1.29, 1.82) is 5.26 Å². The lowest BCUT2D eigenvalue weighted by molar-refractivity contribution is 1.24. The van der Waals surface area contributed by atoms with Crippen LogP contribution in [0.4, 0.5) is 11.5 Å². The van der Waals surface area contributed by atoms with Gasteiger partial charge in [-0.3, -0.25) is 0 Å². The van der Waals surface area contributed by atoms with Crippen LogP contribution in [0.3, 0.4) is 0 Å². The number of hydrogen-bond donors (Lipinski definition) is 1. The van der Waals surface area contributed by atoms with Crippen LogP contribution < -0.4 is 5.32 Å². The van der Waals surface area contributed by atoms with Gasteiger partial charge in [-0.2, -0.15) is 5.26 Å². The van der Waals surface area contributed by atoms with Crippen molar-refractivity contribution in [3.05, 3.63) is 51.6 Å². The number of aryl methyl sites for hydroxylation is 1. The van der Waals surface area contributed by atoms with Crippen LogP contribution in [-0.2, 0) is 0 Å². The molecule has 0 saturated heterocycles. The number of hydrogen-bond acceptors (Lipinski definition) is 3. The van der Waals surface area contributed by atoms with Crippen LogP contribution in [0.1, 0.15) is 11.1 Å². The van der Waals surface area contributed by atoms with Crippen molar-refractivity contribution in [3.8, 4) is 6.07 Å². The number of nitriles is 1. The first kappa shape index (κ1) is 12.7. The highest BCUT2D eigenvalue weighted by atomic mass is 35.5. The van der Waals surface area contributed by atoms with Gasteiger partial charge in [0.2, 0.25) is 0 Å². The van der Waals surface area contributed by atoms with Crippen molar-refractivity contribution in [2.24, 2.45) is 0 Å². The van der Waals surface area contributed by atoms with E-state index in [4.69, 9.17) is 28.5 Å². The molecule has 1 N–H and O–H groups in total. The summed E-state index contributed by atoms with van der Waals surface area (Å²) < 4.78 is 0. The van der Waals surface area contributed by atoms with Gasteiger partial charge in [-0.05, 0) is 30.7 Å². The van der Waals surface area contributed by atoms with E-state index in [1.165, 1.54) is 0 Å². The lowest BCUT2D eigenvalue weighted by atomic mass is 10.1. The summed E-state index contributed by atoms with van der Waals surface area (Å²) >= 11 is 12.0. The molecule has 0 atom stereocenters. The molecule has 0 spiro atoms. The summed E-state index contributed by atoms with van der Waals surface area (Å²) in [5.41, 5.74) is 1.97. The summed E-state index contributed by atoms with van der Waals surface area (Å²) in [6.07, 6.45) is 1.64. The van der Waals surface area contributed by atoms with Crippen LogP contribution >= 0.6 is 23.2 Å². The number of benzene rings is 1. The van der Waals surface area contributed by atoms with E-state index in [1.807, 2.05) is 6.92 Å². The Bertz CT molecular complexity index is 633. The average Bonchev–Trinajstić information content (AvgIpc) is 2.35. The van der Waals surface area contributed by atoms with Gasteiger partial charge in [0.25, 0.3) is 0 Å². The molecule has 90 valence electrons. The van der Waals surface area contributed by atoms with E-state index in [1.54, 1.807) is 30.5 Å². The molecular weight excluding hydrogens is 269 g/mol. The van der Waals surface area contributed by atoms with E-state index < -0.39 is 0 Å². The number of nitrogens with one attached hydrogen (secondary N) is 1. The standard InChI is InChI=1S/C13H9Cl2N3/c1-8-5-6-17-13(9(8)7-16)18-11-4-2-3-10(14)12(11)15/h2-6H,1H3,(H,17,18). The smallest absolute Gasteiger partial charge is 0.148 e. The Morgan fingerprint density at radius 1 is 1.28 bits per heavy atom. The highest BCUT2D eigenvalue weighted by Gasteiger charge is 2.09. The minimum absolute atomic E-state index is 0.409. The quantitative estimate of drug-likeness (QED) is 0.890. The Hall–Kier alpha value is -1.76. The second-order valence-electron chi connectivity index (χ2n) is 3.69. The monoisotopic (exact) mass is 277 g/mol. The zero-order chi connectivity index (χ0) is 13.1. The third-order valence-corrected chi connectivity index (χ3v) is 3.29. The predicted octanol–water partition coefficient (Wildman–Crippen LogP) is 4.31. The molecule has 0 aliphatic carbocycles. The van der Waals surface area contributed by atoms with Crippen molar-refractivity contribution in [2.75, 3.05) is 5.32 Å². The van der Waals surface area contributed by atoms with Gasteiger partial charge in [0.15, 0.2) is 0 Å². The molecule has 0 fully saturated rings. The Morgan fingerprint density at radius 3 is 2.78 bits per heavy atom. The van der Waals surface area contributed by atoms with Gasteiger partial charge in [0.1, 0.15) is 11.9 Å². The van der Waals surface area contributed by atoms with Gasteiger partial charge in [0.05, 0.1) is 21.3 Å². The third kappa shape index (κ3) is 2.40. The summed E-state index contributed by atoms with van der Waals surface area (Å²) in [5, 5.41) is 13.0. The Balaban J connectivity index is 2.44. The molecule has 0 radical (unpaired) electrons. The fourth-order valence-electron chi connectivity index (χ4n) is 1.52. The summed E-state index contributed by atoms with van der Waals surface area (Å²) in [5.74, 6) is 0.474. The Labute approximate surface area is 115 Å². The molecule has 1 aromatic heterocycles. The van der Waals surface area contributed by atoms with Crippen molar-refractivity contribution in [2.45, 2.75) is 6.92 Å². The molecule has 0 amide bonds. The zero-order valence-corrected chi connectivity index (χ0v) is 11.0. The van der Waals surface area contributed by atoms with Crippen LogP contribution in [-0.4, -0.2) is 4.98 Å². The SMILES string of the molecule is Cc1ccnc(Nc2cccc(Cl)c2Cl)c1C#N. The molecule has 0 aliphatic heterocycles. The molecule has 5 heteroatoms. The molecule has 0 saturated carbocycles. The maximum absolute atomic E-state index is 9.11. The van der Waals surface area contributed by atoms with Crippen LogP contribution in [0.25, 0.3) is 0 Å². The van der Waals surface area contributed by atoms with Gasteiger partial charge in [0, 0.05) is 6.20 Å². The molecule has 1 aromatic carbocycles. The molecule has 0 bridgehead atoms. The predicted molar refractivity (Wildman–Crippen MR) is 73.4 cm³/mol. The van der Waals surface area contributed by atoms with E-state index in [-0.39, 0.29) is 0 Å². The van der Waals surface area contributed by atoms with Crippen molar-refractivity contribution in [3.63, 3.8) is 0 Å². The van der Waals surface area contributed by atoms with Crippen LogP contribution in [0, 0.1) is 18.3 Å². The average molecular weight is 278 g/mol. The zero-order valence-electron chi connectivity index (χ0n) is 9.54. The first-order valence-electron chi connectivity index (χ1n) is 5.20. The van der Waals surface area contributed by atoms with E-state index >= 15 is 0 Å². The molecule has 0 unspecified atom stereocenters. The maximum Gasteiger partial charge on any atom is 0.148 e. The van der Waals surface area contributed by atoms with Gasteiger partial charge < -0.3 is 5.32 Å². The van der Waals surface area contributed by atoms with Crippen molar-refractivity contribution >= 4 is 34.7 Å². The second kappa shape index (κ2) is 5.26. The number of pyridine rings is 1. The first-order valence-corrected chi connectivity index (χ1v) is 5.96. The van der Waals surface area contributed by atoms with Crippen molar-refractivity contribution < 1.29 is 0 Å². The number of rotatable bonds is 2. The number of anilines is 2. The van der Waals surface area contributed by atoms with E-state index in [0.717, 1.165) is 5.56 Å². The van der Waals surface area contributed by atoms with E-state index in [2.05, 4.69) is 16.4 Å². The second-order valence-corrected chi connectivity index (χ2v) is 4.47. The molecule has 1 heterocycles. The highest BCUT2D eigenvalue weighted by molar-refractivity contribution is 6.43. The third-order valence-electron chi connectivity index (χ3n) is 2.48.